The predicted molar refractivity (Wildman–Crippen MR) is 74.0 cm³/mol. The summed E-state index contributed by atoms with van der Waals surface area (Å²) in [4.78, 5) is 11.7. The molecule has 2 rings (SSSR count). The van der Waals surface area contributed by atoms with Gasteiger partial charge in [-0.3, -0.25) is 4.79 Å². The van der Waals surface area contributed by atoms with E-state index >= 15 is 0 Å². The molecule has 1 aromatic rings. The Balaban J connectivity index is 1.93. The van der Waals surface area contributed by atoms with Crippen LogP contribution in [-0.4, -0.2) is 18.5 Å². The maximum Gasteiger partial charge on any atom is 0.237 e. The van der Waals surface area contributed by atoms with E-state index in [9.17, 15) is 4.79 Å². The highest BCUT2D eigenvalue weighted by atomic mass is 35.5. The van der Waals surface area contributed by atoms with Crippen molar-refractivity contribution in [2.75, 3.05) is 6.54 Å². The maximum absolute atomic E-state index is 11.7. The van der Waals surface area contributed by atoms with Gasteiger partial charge in [0.1, 0.15) is 0 Å². The van der Waals surface area contributed by atoms with Crippen molar-refractivity contribution >= 4 is 29.1 Å². The van der Waals surface area contributed by atoms with Gasteiger partial charge in [-0.1, -0.05) is 29.3 Å². The van der Waals surface area contributed by atoms with E-state index in [2.05, 4.69) is 10.6 Å². The lowest BCUT2D eigenvalue weighted by atomic mass is 10.1. The summed E-state index contributed by atoms with van der Waals surface area (Å²) in [5.74, 6) is 0.0903. The predicted octanol–water partition coefficient (Wildman–Crippen LogP) is 2.75. The van der Waals surface area contributed by atoms with Crippen molar-refractivity contribution in [2.45, 2.75) is 31.8 Å². The van der Waals surface area contributed by atoms with Gasteiger partial charge < -0.3 is 10.6 Å². The van der Waals surface area contributed by atoms with Gasteiger partial charge in [-0.25, -0.2) is 0 Å². The molecule has 1 aromatic carbocycles. The third kappa shape index (κ3) is 3.61. The highest BCUT2D eigenvalue weighted by Gasteiger charge is 2.19. The van der Waals surface area contributed by atoms with Crippen LogP contribution in [0.2, 0.25) is 10.0 Å². The van der Waals surface area contributed by atoms with Crippen molar-refractivity contribution in [3.8, 4) is 0 Å². The van der Waals surface area contributed by atoms with Gasteiger partial charge in [-0.2, -0.15) is 0 Å². The average Bonchev–Trinajstić information content (AvgIpc) is 2.56. The van der Waals surface area contributed by atoms with Crippen LogP contribution in [0.5, 0.6) is 0 Å². The zero-order valence-corrected chi connectivity index (χ0v) is 11.5. The van der Waals surface area contributed by atoms with Crippen molar-refractivity contribution in [1.82, 2.24) is 10.6 Å². The van der Waals surface area contributed by atoms with Crippen LogP contribution < -0.4 is 10.6 Å². The Labute approximate surface area is 117 Å². The van der Waals surface area contributed by atoms with Crippen molar-refractivity contribution in [1.29, 1.82) is 0 Å². The number of carbonyl (C=O) groups is 1. The molecule has 18 heavy (non-hydrogen) atoms. The first-order valence-electron chi connectivity index (χ1n) is 6.12. The Morgan fingerprint density at radius 1 is 1.28 bits per heavy atom. The highest BCUT2D eigenvalue weighted by molar-refractivity contribution is 6.42. The molecule has 0 spiro atoms. The summed E-state index contributed by atoms with van der Waals surface area (Å²) in [6, 6.07) is 5.40. The largest absolute Gasteiger partial charge is 0.355 e. The smallest absolute Gasteiger partial charge is 0.237 e. The van der Waals surface area contributed by atoms with E-state index in [-0.39, 0.29) is 11.9 Å². The second kappa shape index (κ2) is 6.41. The Hall–Kier alpha value is -0.770. The Morgan fingerprint density at radius 2 is 2.11 bits per heavy atom. The van der Waals surface area contributed by atoms with Gasteiger partial charge in [0.15, 0.2) is 0 Å². The summed E-state index contributed by atoms with van der Waals surface area (Å²) < 4.78 is 0. The number of carbonyl (C=O) groups excluding carboxylic acids is 1. The minimum Gasteiger partial charge on any atom is -0.355 e. The first kappa shape index (κ1) is 13.7. The van der Waals surface area contributed by atoms with E-state index in [0.29, 0.717) is 16.6 Å². The summed E-state index contributed by atoms with van der Waals surface area (Å²) in [6.07, 6.45) is 3.00. The molecular formula is C13H16Cl2N2O. The summed E-state index contributed by atoms with van der Waals surface area (Å²) in [5.41, 5.74) is 1.03. The van der Waals surface area contributed by atoms with Crippen molar-refractivity contribution < 1.29 is 4.79 Å². The number of amides is 1. The van der Waals surface area contributed by atoms with Crippen LogP contribution in [0.3, 0.4) is 0 Å². The zero-order chi connectivity index (χ0) is 13.0. The number of nitrogens with one attached hydrogen (secondary N) is 2. The highest BCUT2D eigenvalue weighted by Crippen LogP contribution is 2.22. The van der Waals surface area contributed by atoms with Crippen LogP contribution in [-0.2, 0) is 11.3 Å². The Bertz CT molecular complexity index is 437. The Morgan fingerprint density at radius 3 is 2.89 bits per heavy atom. The van der Waals surface area contributed by atoms with E-state index in [0.717, 1.165) is 31.4 Å². The second-order valence-electron chi connectivity index (χ2n) is 4.47. The molecule has 0 aliphatic carbocycles. The van der Waals surface area contributed by atoms with Gasteiger partial charge in [0.25, 0.3) is 0 Å². The van der Waals surface area contributed by atoms with Gasteiger partial charge >= 0.3 is 0 Å². The number of benzene rings is 1. The summed E-state index contributed by atoms with van der Waals surface area (Å²) in [6.45, 7) is 1.40. The molecule has 0 saturated carbocycles. The normalized spacial score (nSPS) is 20.3. The molecule has 1 fully saturated rings. The molecule has 1 heterocycles. The minimum atomic E-state index is -0.109. The molecule has 1 amide bonds. The number of hydrogen-bond donors (Lipinski definition) is 2. The molecule has 1 atom stereocenters. The minimum absolute atomic E-state index is 0.0903. The van der Waals surface area contributed by atoms with E-state index < -0.39 is 0 Å². The number of halogens is 2. The topological polar surface area (TPSA) is 41.1 Å². The fourth-order valence-corrected chi connectivity index (χ4v) is 2.35. The van der Waals surface area contributed by atoms with Crippen molar-refractivity contribution in [3.63, 3.8) is 0 Å². The molecule has 3 nitrogen and oxygen atoms in total. The van der Waals surface area contributed by atoms with E-state index in [4.69, 9.17) is 23.2 Å². The van der Waals surface area contributed by atoms with E-state index in [1.54, 1.807) is 6.07 Å². The van der Waals surface area contributed by atoms with Crippen molar-refractivity contribution in [2.24, 2.45) is 0 Å². The number of hydrogen-bond acceptors (Lipinski definition) is 2. The van der Waals surface area contributed by atoms with Gasteiger partial charge in [-0.05, 0) is 37.0 Å². The lowest BCUT2D eigenvalue weighted by molar-refractivity contribution is -0.122. The van der Waals surface area contributed by atoms with Crippen LogP contribution in [0.1, 0.15) is 24.8 Å². The van der Waals surface area contributed by atoms with Crippen LogP contribution in [0.25, 0.3) is 0 Å². The molecule has 0 aromatic heterocycles. The first-order valence-corrected chi connectivity index (χ1v) is 6.87. The lowest BCUT2D eigenvalue weighted by Crippen LogP contribution is -2.42. The standard InChI is InChI=1S/C13H16Cl2N2O/c14-10-5-4-9(7-11(10)15)8-17-12-3-1-2-6-16-13(12)18/h4-5,7,12,17H,1-3,6,8H2,(H,16,18). The van der Waals surface area contributed by atoms with Gasteiger partial charge in [0, 0.05) is 13.1 Å². The lowest BCUT2D eigenvalue weighted by Gasteiger charge is -2.15. The fourth-order valence-electron chi connectivity index (χ4n) is 2.02. The average molecular weight is 287 g/mol. The summed E-state index contributed by atoms with van der Waals surface area (Å²) in [7, 11) is 0. The first-order chi connectivity index (χ1) is 8.66. The fraction of sp³-hybridized carbons (Fsp3) is 0.462. The van der Waals surface area contributed by atoms with Crippen LogP contribution in [0, 0.1) is 0 Å². The molecule has 1 saturated heterocycles. The van der Waals surface area contributed by atoms with Gasteiger partial charge in [0.2, 0.25) is 5.91 Å². The number of rotatable bonds is 3. The summed E-state index contributed by atoms with van der Waals surface area (Å²) in [5, 5.41) is 7.25. The molecule has 5 heteroatoms. The molecular weight excluding hydrogens is 271 g/mol. The second-order valence-corrected chi connectivity index (χ2v) is 5.28. The van der Waals surface area contributed by atoms with E-state index in [1.165, 1.54) is 0 Å². The molecule has 1 aliphatic heterocycles. The summed E-state index contributed by atoms with van der Waals surface area (Å²) >= 11 is 11.8. The van der Waals surface area contributed by atoms with Crippen LogP contribution >= 0.6 is 23.2 Å². The SMILES string of the molecule is O=C1NCCCCC1NCc1ccc(Cl)c(Cl)c1. The van der Waals surface area contributed by atoms with Gasteiger partial charge in [-0.15, -0.1) is 0 Å². The molecule has 0 radical (unpaired) electrons. The molecule has 2 N–H and O–H groups in total. The van der Waals surface area contributed by atoms with Gasteiger partial charge in [0.05, 0.1) is 16.1 Å². The molecule has 98 valence electrons. The third-order valence-electron chi connectivity index (χ3n) is 3.07. The maximum atomic E-state index is 11.7. The Kier molecular flexibility index (Phi) is 4.87. The van der Waals surface area contributed by atoms with E-state index in [1.807, 2.05) is 12.1 Å². The van der Waals surface area contributed by atoms with Crippen LogP contribution in [0.4, 0.5) is 0 Å². The quantitative estimate of drug-likeness (QED) is 0.897. The molecule has 1 aliphatic rings. The third-order valence-corrected chi connectivity index (χ3v) is 3.81. The van der Waals surface area contributed by atoms with Crippen LogP contribution in [0.15, 0.2) is 18.2 Å². The zero-order valence-electron chi connectivity index (χ0n) is 10.0. The molecule has 1 unspecified atom stereocenters. The monoisotopic (exact) mass is 286 g/mol. The van der Waals surface area contributed by atoms with Crippen molar-refractivity contribution in [3.05, 3.63) is 33.8 Å². The molecule has 0 bridgehead atoms.